The normalized spacial score (nSPS) is 59.4. The molecular formula is C19H26O3. The van der Waals surface area contributed by atoms with Gasteiger partial charge in [-0.2, -0.15) is 0 Å². The summed E-state index contributed by atoms with van der Waals surface area (Å²) in [6, 6.07) is 0. The van der Waals surface area contributed by atoms with Gasteiger partial charge in [-0.3, -0.25) is 9.59 Å². The zero-order valence-electron chi connectivity index (χ0n) is 13.4. The molecule has 0 saturated heterocycles. The third-order valence-electron chi connectivity index (χ3n) is 8.69. The number of aliphatic hydroxyl groups is 1. The highest BCUT2D eigenvalue weighted by atomic mass is 16.3. The Labute approximate surface area is 131 Å². The van der Waals surface area contributed by atoms with Crippen LogP contribution in [0.15, 0.2) is 0 Å². The topological polar surface area (TPSA) is 54.4 Å². The zero-order chi connectivity index (χ0) is 15.3. The lowest BCUT2D eigenvalue weighted by molar-refractivity contribution is -0.137. The van der Waals surface area contributed by atoms with E-state index in [4.69, 9.17) is 0 Å². The van der Waals surface area contributed by atoms with Crippen LogP contribution in [0.3, 0.4) is 0 Å². The second-order valence-corrected chi connectivity index (χ2v) is 9.07. The summed E-state index contributed by atoms with van der Waals surface area (Å²) in [5, 5.41) is 10.7. The predicted molar refractivity (Wildman–Crippen MR) is 80.9 cm³/mol. The van der Waals surface area contributed by atoms with Gasteiger partial charge in [-0.25, -0.2) is 0 Å². The van der Waals surface area contributed by atoms with Gasteiger partial charge in [-0.1, -0.05) is 6.92 Å². The van der Waals surface area contributed by atoms with Gasteiger partial charge in [0, 0.05) is 36.0 Å². The third kappa shape index (κ3) is 1.35. The number of ketones is 2. The molecule has 0 aromatic rings. The number of carbonyl (C=O) groups excluding carboxylic acids is 2. The van der Waals surface area contributed by atoms with Crippen LogP contribution in [0.1, 0.15) is 58.3 Å². The fraction of sp³-hybridized carbons (Fsp3) is 0.895. The van der Waals surface area contributed by atoms with Crippen molar-refractivity contribution in [3.05, 3.63) is 0 Å². The molecule has 1 unspecified atom stereocenters. The molecule has 5 saturated carbocycles. The van der Waals surface area contributed by atoms with Crippen molar-refractivity contribution in [1.29, 1.82) is 0 Å². The highest BCUT2D eigenvalue weighted by Gasteiger charge is 2.76. The van der Waals surface area contributed by atoms with E-state index < -0.39 is 0 Å². The molecule has 0 bridgehead atoms. The van der Waals surface area contributed by atoms with Gasteiger partial charge in [0.1, 0.15) is 11.6 Å². The van der Waals surface area contributed by atoms with Crippen LogP contribution in [-0.4, -0.2) is 22.8 Å². The minimum Gasteiger partial charge on any atom is -0.392 e. The van der Waals surface area contributed by atoms with Crippen LogP contribution < -0.4 is 0 Å². The van der Waals surface area contributed by atoms with Gasteiger partial charge in [0.05, 0.1) is 6.10 Å². The highest BCUT2D eigenvalue weighted by Crippen LogP contribution is 2.75. The van der Waals surface area contributed by atoms with E-state index in [1.54, 1.807) is 0 Å². The van der Waals surface area contributed by atoms with E-state index in [0.29, 0.717) is 48.1 Å². The Bertz CT molecular complexity index is 569. The molecule has 0 amide bonds. The molecule has 1 N–H and O–H groups in total. The average Bonchev–Trinajstić information content (AvgIpc) is 2.94. The first kappa shape index (κ1) is 13.7. The lowest BCUT2D eigenvalue weighted by Gasteiger charge is -2.54. The Morgan fingerprint density at radius 2 is 1.82 bits per heavy atom. The summed E-state index contributed by atoms with van der Waals surface area (Å²) in [7, 11) is 0. The van der Waals surface area contributed by atoms with Crippen molar-refractivity contribution in [2.45, 2.75) is 64.4 Å². The number of hydrogen-bond donors (Lipinski definition) is 1. The first-order valence-electron chi connectivity index (χ1n) is 9.22. The van der Waals surface area contributed by atoms with Crippen LogP contribution in [0.4, 0.5) is 0 Å². The maximum Gasteiger partial charge on any atom is 0.139 e. The molecule has 3 nitrogen and oxygen atoms in total. The maximum absolute atomic E-state index is 12.4. The minimum absolute atomic E-state index is 0.0593. The quantitative estimate of drug-likeness (QED) is 0.748. The summed E-state index contributed by atoms with van der Waals surface area (Å²) in [6.07, 6.45) is 7.31. The standard InChI is InChI=1S/C19H26O3/c1-18-7-6-14-12(13(18)4-5-16(18)21)3-2-10-8-11(20)9-15-17(22)19(10,14)15/h10,12-15,17,22H,2-9H2,1H3/t10-,12-,13-,14-,15-,17-,18-,19?/m0/s1. The molecule has 5 fully saturated rings. The first-order valence-corrected chi connectivity index (χ1v) is 9.22. The second-order valence-electron chi connectivity index (χ2n) is 9.07. The lowest BCUT2D eigenvalue weighted by Crippen LogP contribution is -2.51. The molecule has 120 valence electrons. The van der Waals surface area contributed by atoms with E-state index in [2.05, 4.69) is 6.92 Å². The summed E-state index contributed by atoms with van der Waals surface area (Å²) < 4.78 is 0. The van der Waals surface area contributed by atoms with Gasteiger partial charge in [0.25, 0.3) is 0 Å². The number of Topliss-reactive ketones (excluding diaryl/α,β-unsaturated/α-hetero) is 2. The van der Waals surface area contributed by atoms with Crippen molar-refractivity contribution in [2.24, 2.45) is 40.4 Å². The minimum atomic E-state index is -0.238. The zero-order valence-corrected chi connectivity index (χ0v) is 13.4. The number of fused-ring (bicyclic) bond motifs is 3. The number of aliphatic hydroxyl groups excluding tert-OH is 1. The van der Waals surface area contributed by atoms with Gasteiger partial charge in [0.2, 0.25) is 0 Å². The van der Waals surface area contributed by atoms with Crippen molar-refractivity contribution in [3.63, 3.8) is 0 Å². The van der Waals surface area contributed by atoms with Crippen LogP contribution in [0, 0.1) is 40.4 Å². The smallest absolute Gasteiger partial charge is 0.139 e. The maximum atomic E-state index is 12.4. The van der Waals surface area contributed by atoms with Crippen LogP contribution in [0.2, 0.25) is 0 Å². The molecule has 0 aliphatic heterocycles. The Balaban J connectivity index is 1.52. The number of hydrogen-bond acceptors (Lipinski definition) is 3. The molecule has 5 aliphatic carbocycles. The van der Waals surface area contributed by atoms with Crippen LogP contribution >= 0.6 is 0 Å². The van der Waals surface area contributed by atoms with Crippen molar-refractivity contribution in [1.82, 2.24) is 0 Å². The SMILES string of the molecule is C[C@]12CC[C@H]3[C@@H](CC[C@H]4CC(=O)C[C@H]5[C@H](O)C435)[C@@H]1CCC2=O. The molecule has 0 aromatic carbocycles. The molecule has 0 radical (unpaired) electrons. The van der Waals surface area contributed by atoms with Gasteiger partial charge in [-0.15, -0.1) is 0 Å². The molecule has 0 aromatic heterocycles. The molecule has 5 aliphatic rings. The van der Waals surface area contributed by atoms with E-state index in [1.165, 1.54) is 6.42 Å². The van der Waals surface area contributed by atoms with Gasteiger partial charge in [0.15, 0.2) is 0 Å². The van der Waals surface area contributed by atoms with Crippen molar-refractivity contribution < 1.29 is 14.7 Å². The second kappa shape index (κ2) is 4.03. The molecule has 0 heterocycles. The Morgan fingerprint density at radius 3 is 2.64 bits per heavy atom. The molecule has 1 spiro atoms. The Hall–Kier alpha value is -0.700. The van der Waals surface area contributed by atoms with E-state index in [-0.39, 0.29) is 22.9 Å². The summed E-state index contributed by atoms with van der Waals surface area (Å²) >= 11 is 0. The fourth-order valence-electron chi connectivity index (χ4n) is 7.72. The van der Waals surface area contributed by atoms with Crippen molar-refractivity contribution >= 4 is 11.6 Å². The monoisotopic (exact) mass is 302 g/mol. The Kier molecular flexibility index (Phi) is 2.51. The Morgan fingerprint density at radius 1 is 1.00 bits per heavy atom. The van der Waals surface area contributed by atoms with Gasteiger partial charge < -0.3 is 5.11 Å². The van der Waals surface area contributed by atoms with Crippen LogP contribution in [0.25, 0.3) is 0 Å². The largest absolute Gasteiger partial charge is 0.392 e. The van der Waals surface area contributed by atoms with E-state index >= 15 is 0 Å². The average molecular weight is 302 g/mol. The first-order chi connectivity index (χ1) is 10.5. The molecule has 8 atom stereocenters. The third-order valence-corrected chi connectivity index (χ3v) is 8.69. The van der Waals surface area contributed by atoms with Crippen LogP contribution in [0.5, 0.6) is 0 Å². The summed E-state index contributed by atoms with van der Waals surface area (Å²) in [5.74, 6) is 3.27. The van der Waals surface area contributed by atoms with Gasteiger partial charge in [-0.05, 0) is 55.8 Å². The predicted octanol–water partition coefficient (Wildman–Crippen LogP) is 2.75. The van der Waals surface area contributed by atoms with Crippen molar-refractivity contribution in [2.75, 3.05) is 0 Å². The van der Waals surface area contributed by atoms with Gasteiger partial charge >= 0.3 is 0 Å². The van der Waals surface area contributed by atoms with E-state index in [9.17, 15) is 14.7 Å². The van der Waals surface area contributed by atoms with Crippen LogP contribution in [-0.2, 0) is 9.59 Å². The van der Waals surface area contributed by atoms with Crippen molar-refractivity contribution in [3.8, 4) is 0 Å². The molecule has 3 heteroatoms. The fourth-order valence-corrected chi connectivity index (χ4v) is 7.72. The summed E-state index contributed by atoms with van der Waals surface area (Å²) in [4.78, 5) is 24.4. The summed E-state index contributed by atoms with van der Waals surface area (Å²) in [6.45, 7) is 2.21. The number of rotatable bonds is 0. The lowest BCUT2D eigenvalue weighted by atomic mass is 9.49. The van der Waals surface area contributed by atoms with E-state index in [0.717, 1.165) is 32.1 Å². The summed E-state index contributed by atoms with van der Waals surface area (Å²) in [5.41, 5.74) is -0.0196. The highest BCUT2D eigenvalue weighted by molar-refractivity contribution is 5.87. The molecule has 5 rings (SSSR count). The number of carbonyl (C=O) groups is 2. The molecule has 22 heavy (non-hydrogen) atoms. The molecular weight excluding hydrogens is 276 g/mol. The van der Waals surface area contributed by atoms with E-state index in [1.807, 2.05) is 0 Å².